The van der Waals surface area contributed by atoms with Gasteiger partial charge in [0.2, 0.25) is 0 Å². The Labute approximate surface area is 195 Å². The normalized spacial score (nSPS) is 10.6. The van der Waals surface area contributed by atoms with E-state index < -0.39 is 9.85 Å². The molecule has 0 aliphatic carbocycles. The maximum absolute atomic E-state index is 13.6. The van der Waals surface area contributed by atoms with Crippen molar-refractivity contribution in [1.82, 2.24) is 0 Å². The van der Waals surface area contributed by atoms with Crippen LogP contribution in [0.15, 0.2) is 97.1 Å². The summed E-state index contributed by atoms with van der Waals surface area (Å²) in [5, 5.41) is 21.8. The Balaban J connectivity index is 1.61. The average molecular weight is 452 g/mol. The highest BCUT2D eigenvalue weighted by Gasteiger charge is 2.17. The van der Waals surface area contributed by atoms with Crippen molar-refractivity contribution in [2.75, 3.05) is 0 Å². The molecule has 0 saturated heterocycles. The highest BCUT2D eigenvalue weighted by atomic mass is 16.6. The average Bonchev–Trinajstić information content (AvgIpc) is 2.85. The van der Waals surface area contributed by atoms with Gasteiger partial charge >= 0.3 is 0 Å². The molecule has 0 bridgehead atoms. The maximum atomic E-state index is 13.6. The number of ketones is 1. The Kier molecular flexibility index (Phi) is 6.54. The van der Waals surface area contributed by atoms with Gasteiger partial charge in [-0.3, -0.25) is 25.0 Å². The molecule has 7 heteroatoms. The predicted octanol–water partition coefficient (Wildman–Crippen LogP) is 5.92. The molecule has 0 fully saturated rings. The summed E-state index contributed by atoms with van der Waals surface area (Å²) in [6.45, 7) is 0. The van der Waals surface area contributed by atoms with Gasteiger partial charge in [-0.2, -0.15) is 0 Å². The van der Waals surface area contributed by atoms with E-state index in [9.17, 15) is 25.0 Å². The summed E-state index contributed by atoms with van der Waals surface area (Å²) in [6.07, 6.45) is 0.925. The second-order valence-corrected chi connectivity index (χ2v) is 7.84. The first kappa shape index (κ1) is 22.5. The van der Waals surface area contributed by atoms with E-state index in [1.807, 2.05) is 36.4 Å². The lowest BCUT2D eigenvalue weighted by molar-refractivity contribution is -0.385. The molecule has 7 nitrogen and oxygen atoms in total. The molecule has 0 atom stereocenters. The van der Waals surface area contributed by atoms with E-state index in [4.69, 9.17) is 0 Å². The molecule has 4 aromatic carbocycles. The van der Waals surface area contributed by atoms with Crippen molar-refractivity contribution < 1.29 is 14.6 Å². The number of rotatable bonds is 8. The Bertz CT molecular complexity index is 1260. The summed E-state index contributed by atoms with van der Waals surface area (Å²) >= 11 is 0. The van der Waals surface area contributed by atoms with Gasteiger partial charge in [-0.25, -0.2) is 0 Å². The topological polar surface area (TPSA) is 103 Å². The fourth-order valence-electron chi connectivity index (χ4n) is 3.85. The van der Waals surface area contributed by atoms with E-state index in [1.165, 1.54) is 24.3 Å². The van der Waals surface area contributed by atoms with Gasteiger partial charge in [-0.1, -0.05) is 72.8 Å². The van der Waals surface area contributed by atoms with Crippen LogP contribution in [0.4, 0.5) is 11.4 Å². The van der Waals surface area contributed by atoms with E-state index in [-0.39, 0.29) is 17.2 Å². The van der Waals surface area contributed by atoms with Gasteiger partial charge in [0.05, 0.1) is 9.85 Å². The Morgan fingerprint density at radius 2 is 0.912 bits per heavy atom. The van der Waals surface area contributed by atoms with Crippen molar-refractivity contribution in [2.24, 2.45) is 0 Å². The minimum atomic E-state index is -0.441. The molecular weight excluding hydrogens is 432 g/mol. The van der Waals surface area contributed by atoms with Crippen LogP contribution in [-0.2, 0) is 12.8 Å². The van der Waals surface area contributed by atoms with Crippen molar-refractivity contribution in [2.45, 2.75) is 12.8 Å². The van der Waals surface area contributed by atoms with Crippen molar-refractivity contribution in [3.63, 3.8) is 0 Å². The number of carbonyl (C=O) groups is 1. The van der Waals surface area contributed by atoms with Gasteiger partial charge in [-0.15, -0.1) is 0 Å². The molecule has 0 amide bonds. The van der Waals surface area contributed by atoms with Crippen LogP contribution in [0.25, 0.3) is 0 Å². The van der Waals surface area contributed by atoms with E-state index in [0.29, 0.717) is 24.0 Å². The molecule has 34 heavy (non-hydrogen) atoms. The molecule has 0 spiro atoms. The van der Waals surface area contributed by atoms with Crippen molar-refractivity contribution in [3.05, 3.63) is 151 Å². The number of nitro benzene ring substituents is 2. The number of non-ortho nitro benzene ring substituents is 2. The van der Waals surface area contributed by atoms with E-state index in [2.05, 4.69) is 0 Å². The molecule has 0 radical (unpaired) electrons. The van der Waals surface area contributed by atoms with Crippen LogP contribution >= 0.6 is 0 Å². The fraction of sp³-hybridized carbons (Fsp3) is 0.0741. The number of hydrogen-bond acceptors (Lipinski definition) is 5. The molecule has 0 heterocycles. The molecule has 4 rings (SSSR count). The van der Waals surface area contributed by atoms with E-state index in [1.54, 1.807) is 36.4 Å². The number of nitrogens with zero attached hydrogens (tertiary/aromatic N) is 2. The fourth-order valence-corrected chi connectivity index (χ4v) is 3.85. The highest BCUT2D eigenvalue weighted by Crippen LogP contribution is 2.23. The third kappa shape index (κ3) is 5.05. The molecule has 4 aromatic rings. The second-order valence-electron chi connectivity index (χ2n) is 7.84. The number of hydrogen-bond donors (Lipinski definition) is 0. The van der Waals surface area contributed by atoms with Crippen LogP contribution in [0.1, 0.15) is 38.2 Å². The number of carbonyl (C=O) groups excluding carboxylic acids is 1. The Morgan fingerprint density at radius 1 is 0.559 bits per heavy atom. The summed E-state index contributed by atoms with van der Waals surface area (Å²) in [5.41, 5.74) is 4.56. The quantitative estimate of drug-likeness (QED) is 0.188. The highest BCUT2D eigenvalue weighted by molar-refractivity contribution is 6.11. The molecule has 0 saturated carbocycles. The lowest BCUT2D eigenvalue weighted by Crippen LogP contribution is -2.09. The van der Waals surface area contributed by atoms with Gasteiger partial charge in [0.1, 0.15) is 0 Å². The summed E-state index contributed by atoms with van der Waals surface area (Å²) in [7, 11) is 0. The summed E-state index contributed by atoms with van der Waals surface area (Å²) in [5.74, 6) is -0.116. The summed E-state index contributed by atoms with van der Waals surface area (Å²) in [4.78, 5) is 34.5. The SMILES string of the molecule is O=C(c1ccccc1Cc1ccc([N+](=O)[O-])cc1)c1ccccc1Cc1ccc([N+](=O)[O-])cc1. The number of benzene rings is 4. The first-order valence-corrected chi connectivity index (χ1v) is 10.6. The Morgan fingerprint density at radius 3 is 1.26 bits per heavy atom. The van der Waals surface area contributed by atoms with Crippen LogP contribution in [-0.4, -0.2) is 15.6 Å². The largest absolute Gasteiger partial charge is 0.289 e. The second kappa shape index (κ2) is 9.87. The molecule has 0 unspecified atom stereocenters. The van der Waals surface area contributed by atoms with Crippen LogP contribution in [0.3, 0.4) is 0 Å². The zero-order chi connectivity index (χ0) is 24.1. The molecule has 0 N–H and O–H groups in total. The third-order valence-electron chi connectivity index (χ3n) is 5.61. The monoisotopic (exact) mass is 452 g/mol. The van der Waals surface area contributed by atoms with Gasteiger partial charge in [0.15, 0.2) is 5.78 Å². The van der Waals surface area contributed by atoms with Crippen LogP contribution in [0.2, 0.25) is 0 Å². The zero-order valence-electron chi connectivity index (χ0n) is 18.1. The Hall–Kier alpha value is -4.65. The van der Waals surface area contributed by atoms with E-state index >= 15 is 0 Å². The standard InChI is InChI=1S/C27H20N2O5/c30-27(25-7-3-1-5-21(25)17-19-9-13-23(14-10-19)28(31)32)26-8-4-2-6-22(26)18-20-11-15-24(16-12-20)29(33)34/h1-16H,17-18H2. The molecule has 0 aromatic heterocycles. The van der Waals surface area contributed by atoms with Crippen molar-refractivity contribution in [3.8, 4) is 0 Å². The minimum Gasteiger partial charge on any atom is -0.289 e. The smallest absolute Gasteiger partial charge is 0.269 e. The van der Waals surface area contributed by atoms with Crippen LogP contribution in [0, 0.1) is 20.2 Å². The molecule has 168 valence electrons. The number of nitro groups is 2. The zero-order valence-corrected chi connectivity index (χ0v) is 18.1. The molecular formula is C27H20N2O5. The van der Waals surface area contributed by atoms with Gasteiger partial charge in [-0.05, 0) is 35.1 Å². The van der Waals surface area contributed by atoms with Gasteiger partial charge in [0, 0.05) is 35.4 Å². The van der Waals surface area contributed by atoms with Crippen LogP contribution in [0.5, 0.6) is 0 Å². The maximum Gasteiger partial charge on any atom is 0.269 e. The predicted molar refractivity (Wildman–Crippen MR) is 128 cm³/mol. The first-order chi connectivity index (χ1) is 16.4. The molecule has 0 aliphatic rings. The van der Waals surface area contributed by atoms with E-state index in [0.717, 1.165) is 22.3 Å². The van der Waals surface area contributed by atoms with Crippen molar-refractivity contribution >= 4 is 17.2 Å². The van der Waals surface area contributed by atoms with Crippen molar-refractivity contribution in [1.29, 1.82) is 0 Å². The van der Waals surface area contributed by atoms with Gasteiger partial charge in [0.25, 0.3) is 11.4 Å². The lowest BCUT2D eigenvalue weighted by Gasteiger charge is -2.12. The third-order valence-corrected chi connectivity index (χ3v) is 5.61. The first-order valence-electron chi connectivity index (χ1n) is 10.6. The minimum absolute atomic E-state index is 0.0216. The summed E-state index contributed by atoms with van der Waals surface area (Å²) < 4.78 is 0. The lowest BCUT2D eigenvalue weighted by atomic mass is 9.90. The van der Waals surface area contributed by atoms with Crippen LogP contribution < -0.4 is 0 Å². The summed E-state index contributed by atoms with van der Waals surface area (Å²) in [6, 6.07) is 27.3. The molecule has 0 aliphatic heterocycles. The van der Waals surface area contributed by atoms with Gasteiger partial charge < -0.3 is 0 Å².